The van der Waals surface area contributed by atoms with Crippen LogP contribution >= 0.6 is 0 Å². The number of likely N-dealkylation sites (N-methyl/N-ethyl adjacent to an activating group) is 4. The monoisotopic (exact) mass is 346 g/mol. The molecule has 1 unspecified atom stereocenters. The Morgan fingerprint density at radius 2 is 1.42 bits per heavy atom. The number of hydrogen-bond acceptors (Lipinski definition) is 7. The molecule has 0 aliphatic rings. The molecule has 0 aromatic rings. The number of hydrogen-bond donors (Lipinski definition) is 7. The molecule has 0 saturated carbocycles. The van der Waals surface area contributed by atoms with E-state index in [-0.39, 0.29) is 30.4 Å². The second-order valence-electron chi connectivity index (χ2n) is 5.63. The third-order valence-corrected chi connectivity index (χ3v) is 3.66. The average molecular weight is 346 g/mol. The van der Waals surface area contributed by atoms with Crippen molar-refractivity contribution in [2.75, 3.05) is 54.4 Å². The van der Waals surface area contributed by atoms with Crippen LogP contribution in [0.5, 0.6) is 0 Å². The fraction of sp³-hybridized carbons (Fsp3) is 0.867. The lowest BCUT2D eigenvalue weighted by atomic mass is 10.1. The Labute approximate surface area is 144 Å². The van der Waals surface area contributed by atoms with Crippen LogP contribution in [0.3, 0.4) is 0 Å². The third kappa shape index (κ3) is 9.78. The molecule has 0 aliphatic carbocycles. The van der Waals surface area contributed by atoms with E-state index in [1.165, 1.54) is 0 Å². The molecule has 0 radical (unpaired) electrons. The maximum Gasteiger partial charge on any atom is 0.238 e. The van der Waals surface area contributed by atoms with Crippen molar-refractivity contribution in [3.63, 3.8) is 0 Å². The van der Waals surface area contributed by atoms with Gasteiger partial charge in [0.15, 0.2) is 0 Å². The van der Waals surface area contributed by atoms with E-state index in [9.17, 15) is 14.7 Å². The van der Waals surface area contributed by atoms with Crippen molar-refractivity contribution in [3.05, 3.63) is 0 Å². The molecule has 0 heterocycles. The van der Waals surface area contributed by atoms with E-state index in [1.54, 1.807) is 28.2 Å². The minimum atomic E-state index is -0.610. The van der Waals surface area contributed by atoms with Crippen molar-refractivity contribution < 1.29 is 14.7 Å². The van der Waals surface area contributed by atoms with Crippen LogP contribution in [-0.4, -0.2) is 89.5 Å². The summed E-state index contributed by atoms with van der Waals surface area (Å²) in [5.74, 6) is -0.213. The summed E-state index contributed by atoms with van der Waals surface area (Å²) < 4.78 is 0. The molecular formula is C15H34N6O3. The zero-order chi connectivity index (χ0) is 18.4. The summed E-state index contributed by atoms with van der Waals surface area (Å²) in [5.41, 5.74) is 0. The first-order valence-corrected chi connectivity index (χ1v) is 8.37. The molecule has 0 fully saturated rings. The lowest BCUT2D eigenvalue weighted by Gasteiger charge is -2.19. The van der Waals surface area contributed by atoms with Crippen LogP contribution < -0.4 is 31.9 Å². The molecule has 0 spiro atoms. The number of aliphatic hydroxyl groups excluding tert-OH is 1. The molecule has 9 heteroatoms. The molecule has 7 N–H and O–H groups in total. The minimum Gasteiger partial charge on any atom is -0.390 e. The van der Waals surface area contributed by atoms with E-state index < -0.39 is 6.10 Å². The Hall–Kier alpha value is -1.26. The van der Waals surface area contributed by atoms with E-state index in [4.69, 9.17) is 0 Å². The Balaban J connectivity index is 4.04. The van der Waals surface area contributed by atoms with E-state index in [0.29, 0.717) is 32.5 Å². The summed E-state index contributed by atoms with van der Waals surface area (Å²) in [5, 5.41) is 26.9. The highest BCUT2D eigenvalue weighted by atomic mass is 16.3. The minimum absolute atomic E-state index is 0.0625. The molecule has 9 nitrogen and oxygen atoms in total. The van der Waals surface area contributed by atoms with Crippen LogP contribution in [-0.2, 0) is 9.59 Å². The second kappa shape index (κ2) is 14.1. The van der Waals surface area contributed by atoms with Crippen LogP contribution in [0.25, 0.3) is 0 Å². The number of carbonyl (C=O) groups excluding carboxylic acids is 2. The van der Waals surface area contributed by atoms with E-state index in [0.717, 1.165) is 0 Å². The molecule has 0 aromatic carbocycles. The number of nitrogens with one attached hydrogen (secondary N) is 6. The zero-order valence-electron chi connectivity index (χ0n) is 15.2. The van der Waals surface area contributed by atoms with E-state index in [2.05, 4.69) is 31.9 Å². The first-order chi connectivity index (χ1) is 11.5. The van der Waals surface area contributed by atoms with Gasteiger partial charge in [0, 0.05) is 26.2 Å². The topological polar surface area (TPSA) is 127 Å². The zero-order valence-corrected chi connectivity index (χ0v) is 15.2. The van der Waals surface area contributed by atoms with Gasteiger partial charge in [-0.3, -0.25) is 9.59 Å². The first-order valence-electron chi connectivity index (χ1n) is 8.37. The van der Waals surface area contributed by atoms with Crippen LogP contribution in [0.2, 0.25) is 0 Å². The van der Waals surface area contributed by atoms with Gasteiger partial charge < -0.3 is 37.0 Å². The van der Waals surface area contributed by atoms with Crippen LogP contribution in [0.1, 0.15) is 12.8 Å². The van der Waals surface area contributed by atoms with Gasteiger partial charge in [0.1, 0.15) is 0 Å². The molecule has 24 heavy (non-hydrogen) atoms. The molecule has 142 valence electrons. The van der Waals surface area contributed by atoms with Crippen LogP contribution in [0.4, 0.5) is 0 Å². The quantitative estimate of drug-likeness (QED) is 0.167. The van der Waals surface area contributed by atoms with Gasteiger partial charge in [0.05, 0.1) is 18.2 Å². The Morgan fingerprint density at radius 1 is 0.833 bits per heavy atom. The van der Waals surface area contributed by atoms with Crippen molar-refractivity contribution in [2.45, 2.75) is 31.0 Å². The SMILES string of the molecule is CNCC(O)CNC(=O)[C@H](CCCNC(=O)[C@H](CNC)NC)NC. The van der Waals surface area contributed by atoms with Crippen molar-refractivity contribution in [2.24, 2.45) is 0 Å². The van der Waals surface area contributed by atoms with Crippen molar-refractivity contribution >= 4 is 11.8 Å². The molecule has 0 aliphatic heterocycles. The van der Waals surface area contributed by atoms with Crippen molar-refractivity contribution in [3.8, 4) is 0 Å². The molecule has 0 bridgehead atoms. The predicted molar refractivity (Wildman–Crippen MR) is 94.8 cm³/mol. The summed E-state index contributed by atoms with van der Waals surface area (Å²) in [6.45, 7) is 1.70. The van der Waals surface area contributed by atoms with Crippen molar-refractivity contribution in [1.29, 1.82) is 0 Å². The lowest BCUT2D eigenvalue weighted by molar-refractivity contribution is -0.123. The Morgan fingerprint density at radius 3 is 1.96 bits per heavy atom. The van der Waals surface area contributed by atoms with Crippen molar-refractivity contribution in [1.82, 2.24) is 31.9 Å². The molecular weight excluding hydrogens is 312 g/mol. The predicted octanol–water partition coefficient (Wildman–Crippen LogP) is -3.03. The Bertz CT molecular complexity index is 356. The normalized spacial score (nSPS) is 14.7. The smallest absolute Gasteiger partial charge is 0.238 e. The Kier molecular flexibility index (Phi) is 13.4. The lowest BCUT2D eigenvalue weighted by Crippen LogP contribution is -2.48. The second-order valence-corrected chi connectivity index (χ2v) is 5.63. The fourth-order valence-electron chi connectivity index (χ4n) is 2.23. The molecule has 0 rings (SSSR count). The van der Waals surface area contributed by atoms with Gasteiger partial charge in [-0.15, -0.1) is 0 Å². The van der Waals surface area contributed by atoms with Gasteiger partial charge >= 0.3 is 0 Å². The highest BCUT2D eigenvalue weighted by Gasteiger charge is 2.18. The van der Waals surface area contributed by atoms with Gasteiger partial charge in [-0.05, 0) is 41.0 Å². The van der Waals surface area contributed by atoms with Crippen LogP contribution in [0.15, 0.2) is 0 Å². The average Bonchev–Trinajstić information content (AvgIpc) is 2.57. The van der Waals surface area contributed by atoms with Crippen LogP contribution in [0, 0.1) is 0 Å². The molecule has 3 atom stereocenters. The van der Waals surface area contributed by atoms with Gasteiger partial charge in [0.25, 0.3) is 0 Å². The standard InChI is InChI=1S/C15H34N6O3/c1-16-8-11(22)9-21-14(23)12(18-3)6-5-7-20-15(24)13(19-4)10-17-2/h11-13,16-19,22H,5-10H2,1-4H3,(H,20,24)(H,21,23)/t11?,12-,13-/m0/s1. The van der Waals surface area contributed by atoms with Gasteiger partial charge in [0.2, 0.25) is 11.8 Å². The third-order valence-electron chi connectivity index (χ3n) is 3.66. The van der Waals surface area contributed by atoms with Gasteiger partial charge in [-0.1, -0.05) is 0 Å². The highest BCUT2D eigenvalue weighted by molar-refractivity contribution is 5.82. The number of amides is 2. The number of carbonyl (C=O) groups is 2. The van der Waals surface area contributed by atoms with E-state index in [1.807, 2.05) is 0 Å². The summed E-state index contributed by atoms with van der Waals surface area (Å²) in [6, 6.07) is -0.617. The van der Waals surface area contributed by atoms with Gasteiger partial charge in [-0.2, -0.15) is 0 Å². The maximum atomic E-state index is 12.0. The maximum absolute atomic E-state index is 12.0. The molecule has 0 saturated heterocycles. The number of aliphatic hydroxyl groups is 1. The van der Waals surface area contributed by atoms with Gasteiger partial charge in [-0.25, -0.2) is 0 Å². The first kappa shape index (κ1) is 22.7. The summed E-state index contributed by atoms with van der Waals surface area (Å²) in [7, 11) is 6.99. The summed E-state index contributed by atoms with van der Waals surface area (Å²) in [4.78, 5) is 23.9. The summed E-state index contributed by atoms with van der Waals surface area (Å²) >= 11 is 0. The fourth-order valence-corrected chi connectivity index (χ4v) is 2.23. The highest BCUT2D eigenvalue weighted by Crippen LogP contribution is 1.97. The number of rotatable bonds is 14. The molecule has 2 amide bonds. The largest absolute Gasteiger partial charge is 0.390 e. The van der Waals surface area contributed by atoms with E-state index >= 15 is 0 Å². The molecule has 0 aromatic heterocycles. The summed E-state index contributed by atoms with van der Waals surface area (Å²) in [6.07, 6.45) is 0.669.